The summed E-state index contributed by atoms with van der Waals surface area (Å²) in [6, 6.07) is 11.0. The summed E-state index contributed by atoms with van der Waals surface area (Å²) in [5.74, 6) is -0.210. The SMILES string of the molecule is CC(CCn1ccc(-c2ccc(/C=C/C3CC3CO)cc2)cc1=O)(C(=O)NO)S(C)(=O)=O. The Hall–Kier alpha value is -2.75. The molecule has 9 heteroatoms. The predicted molar refractivity (Wildman–Crippen MR) is 122 cm³/mol. The van der Waals surface area contributed by atoms with Crippen molar-refractivity contribution in [3.63, 3.8) is 0 Å². The minimum atomic E-state index is -3.83. The number of hydrogen-bond donors (Lipinski definition) is 3. The van der Waals surface area contributed by atoms with E-state index in [1.54, 1.807) is 12.3 Å². The van der Waals surface area contributed by atoms with Gasteiger partial charge in [0.15, 0.2) is 14.6 Å². The van der Waals surface area contributed by atoms with Crippen LogP contribution in [0.1, 0.15) is 25.3 Å². The molecule has 32 heavy (non-hydrogen) atoms. The Balaban J connectivity index is 1.71. The summed E-state index contributed by atoms with van der Waals surface area (Å²) in [6.45, 7) is 1.44. The maximum Gasteiger partial charge on any atom is 0.264 e. The molecule has 1 heterocycles. The molecule has 1 aromatic heterocycles. The van der Waals surface area contributed by atoms with Gasteiger partial charge in [-0.15, -0.1) is 0 Å². The average Bonchev–Trinajstić information content (AvgIpc) is 3.54. The summed E-state index contributed by atoms with van der Waals surface area (Å²) in [7, 11) is -3.83. The van der Waals surface area contributed by atoms with E-state index in [-0.39, 0.29) is 25.1 Å². The van der Waals surface area contributed by atoms with Gasteiger partial charge in [-0.3, -0.25) is 14.8 Å². The molecule has 0 spiro atoms. The van der Waals surface area contributed by atoms with Gasteiger partial charge in [-0.1, -0.05) is 36.4 Å². The van der Waals surface area contributed by atoms with E-state index in [4.69, 9.17) is 10.3 Å². The molecule has 3 rings (SSSR count). The number of aromatic nitrogens is 1. The van der Waals surface area contributed by atoms with Crippen LogP contribution in [0.15, 0.2) is 53.5 Å². The highest BCUT2D eigenvalue weighted by Crippen LogP contribution is 2.39. The minimum absolute atomic E-state index is 0.00413. The number of rotatable bonds is 9. The number of aliphatic hydroxyl groups is 1. The van der Waals surface area contributed by atoms with E-state index in [9.17, 15) is 18.0 Å². The lowest BCUT2D eigenvalue weighted by Crippen LogP contribution is -2.49. The highest BCUT2D eigenvalue weighted by atomic mass is 32.2. The van der Waals surface area contributed by atoms with Gasteiger partial charge in [0.1, 0.15) is 0 Å². The minimum Gasteiger partial charge on any atom is -0.396 e. The van der Waals surface area contributed by atoms with Crippen molar-refractivity contribution in [3.05, 3.63) is 64.6 Å². The van der Waals surface area contributed by atoms with Crippen LogP contribution >= 0.6 is 0 Å². The Morgan fingerprint density at radius 1 is 1.25 bits per heavy atom. The molecular weight excluding hydrogens is 432 g/mol. The molecule has 3 N–H and O–H groups in total. The number of aryl methyl sites for hydroxylation is 1. The van der Waals surface area contributed by atoms with E-state index in [0.29, 0.717) is 11.8 Å². The fourth-order valence-electron chi connectivity index (χ4n) is 3.53. The lowest BCUT2D eigenvalue weighted by Gasteiger charge is -2.25. The number of carbonyl (C=O) groups is 1. The van der Waals surface area contributed by atoms with Crippen molar-refractivity contribution in [3.8, 4) is 11.1 Å². The fourth-order valence-corrected chi connectivity index (χ4v) is 4.37. The molecule has 8 nitrogen and oxygen atoms in total. The van der Waals surface area contributed by atoms with Gasteiger partial charge < -0.3 is 9.67 Å². The van der Waals surface area contributed by atoms with Gasteiger partial charge in [-0.25, -0.2) is 13.9 Å². The standard InChI is InChI=1S/C23H28N2O6S/c1-23(22(28)24-29,32(2,30)31)10-12-25-11-9-19(14-21(25)27)17-6-3-16(4-7-17)5-8-18-13-20(18)15-26/h3-9,11,14,18,20,26,29H,10,12-13,15H2,1-2H3,(H,24,28)/b8-5+. The first-order valence-electron chi connectivity index (χ1n) is 10.3. The van der Waals surface area contributed by atoms with Gasteiger partial charge in [-0.2, -0.15) is 0 Å². The monoisotopic (exact) mass is 460 g/mol. The quantitative estimate of drug-likeness (QED) is 0.387. The van der Waals surface area contributed by atoms with Crippen molar-refractivity contribution in [2.24, 2.45) is 11.8 Å². The maximum absolute atomic E-state index is 12.6. The van der Waals surface area contributed by atoms with E-state index in [0.717, 1.165) is 29.4 Å². The van der Waals surface area contributed by atoms with Crippen LogP contribution in [0.25, 0.3) is 17.2 Å². The number of benzene rings is 1. The highest BCUT2D eigenvalue weighted by Gasteiger charge is 2.43. The number of carbonyl (C=O) groups excluding carboxylic acids is 1. The fraction of sp³-hybridized carbons (Fsp3) is 0.391. The van der Waals surface area contributed by atoms with Gasteiger partial charge in [0.25, 0.3) is 11.5 Å². The molecule has 1 aromatic carbocycles. The van der Waals surface area contributed by atoms with Crippen LogP contribution < -0.4 is 11.0 Å². The first-order chi connectivity index (χ1) is 15.1. The third kappa shape index (κ3) is 5.17. The zero-order valence-electron chi connectivity index (χ0n) is 18.1. The van der Waals surface area contributed by atoms with Crippen LogP contribution in [0.5, 0.6) is 0 Å². The third-order valence-electron chi connectivity index (χ3n) is 6.22. The Labute approximate surface area is 187 Å². The Kier molecular flexibility index (Phi) is 7.02. The summed E-state index contributed by atoms with van der Waals surface area (Å²) < 4.78 is 23.6. The Morgan fingerprint density at radius 2 is 1.94 bits per heavy atom. The van der Waals surface area contributed by atoms with Crippen LogP contribution in [0.2, 0.25) is 0 Å². The smallest absolute Gasteiger partial charge is 0.264 e. The van der Waals surface area contributed by atoms with Gasteiger partial charge in [-0.05, 0) is 54.4 Å². The number of allylic oxidation sites excluding steroid dienone is 1. The molecule has 1 saturated carbocycles. The normalized spacial score (nSPS) is 20.1. The second kappa shape index (κ2) is 9.40. The average molecular weight is 461 g/mol. The number of nitrogens with one attached hydrogen (secondary N) is 1. The summed E-state index contributed by atoms with van der Waals surface area (Å²) in [5.41, 5.74) is 3.70. The van der Waals surface area contributed by atoms with Crippen molar-refractivity contribution in [2.75, 3.05) is 12.9 Å². The number of nitrogens with zero attached hydrogens (tertiary/aromatic N) is 1. The second-order valence-electron chi connectivity index (χ2n) is 8.46. The van der Waals surface area contributed by atoms with Crippen molar-refractivity contribution in [2.45, 2.75) is 31.1 Å². The molecular formula is C23H28N2O6S. The van der Waals surface area contributed by atoms with Crippen molar-refractivity contribution in [1.82, 2.24) is 10.0 Å². The summed E-state index contributed by atoms with van der Waals surface area (Å²) in [5, 5.41) is 18.0. The summed E-state index contributed by atoms with van der Waals surface area (Å²) in [6.07, 6.45) is 7.48. The first-order valence-corrected chi connectivity index (χ1v) is 12.2. The van der Waals surface area contributed by atoms with Crippen LogP contribution in [0.3, 0.4) is 0 Å². The van der Waals surface area contributed by atoms with Crippen LogP contribution in [-0.4, -0.2) is 46.8 Å². The molecule has 1 aliphatic carbocycles. The van der Waals surface area contributed by atoms with Crippen LogP contribution in [0.4, 0.5) is 0 Å². The number of pyridine rings is 1. The lowest BCUT2D eigenvalue weighted by atomic mass is 10.0. The van der Waals surface area contributed by atoms with Gasteiger partial charge >= 0.3 is 0 Å². The zero-order chi connectivity index (χ0) is 23.5. The van der Waals surface area contributed by atoms with Gasteiger partial charge in [0.2, 0.25) is 0 Å². The topological polar surface area (TPSA) is 126 Å². The summed E-state index contributed by atoms with van der Waals surface area (Å²) in [4.78, 5) is 24.5. The number of hydrogen-bond acceptors (Lipinski definition) is 6. The molecule has 1 amide bonds. The Morgan fingerprint density at radius 3 is 2.47 bits per heavy atom. The summed E-state index contributed by atoms with van der Waals surface area (Å²) >= 11 is 0. The molecule has 0 aliphatic heterocycles. The maximum atomic E-state index is 12.6. The molecule has 3 unspecified atom stereocenters. The van der Waals surface area contributed by atoms with Gasteiger partial charge in [0, 0.05) is 31.7 Å². The zero-order valence-corrected chi connectivity index (χ0v) is 18.9. The van der Waals surface area contributed by atoms with Gasteiger partial charge in [0.05, 0.1) is 0 Å². The van der Waals surface area contributed by atoms with Crippen molar-refractivity contribution in [1.29, 1.82) is 0 Å². The van der Waals surface area contributed by atoms with E-state index in [1.807, 2.05) is 30.3 Å². The van der Waals surface area contributed by atoms with E-state index in [1.165, 1.54) is 23.0 Å². The van der Waals surface area contributed by atoms with Crippen LogP contribution in [0, 0.1) is 11.8 Å². The third-order valence-corrected chi connectivity index (χ3v) is 8.24. The molecule has 3 atom stereocenters. The molecule has 172 valence electrons. The van der Waals surface area contributed by atoms with E-state index < -0.39 is 20.5 Å². The van der Waals surface area contributed by atoms with Crippen molar-refractivity contribution >= 4 is 21.8 Å². The number of sulfone groups is 1. The Bertz CT molecular complexity index is 1170. The van der Waals surface area contributed by atoms with Crippen molar-refractivity contribution < 1.29 is 23.5 Å². The molecule has 1 fully saturated rings. The lowest BCUT2D eigenvalue weighted by molar-refractivity contribution is -0.131. The number of amides is 1. The van der Waals surface area contributed by atoms with E-state index in [2.05, 4.69) is 6.08 Å². The first kappa shape index (κ1) is 23.9. The molecule has 2 aromatic rings. The second-order valence-corrected chi connectivity index (χ2v) is 10.9. The molecule has 0 saturated heterocycles. The van der Waals surface area contributed by atoms with Crippen LogP contribution in [-0.2, 0) is 21.2 Å². The predicted octanol–water partition coefficient (Wildman–Crippen LogP) is 1.86. The van der Waals surface area contributed by atoms with E-state index >= 15 is 0 Å². The largest absolute Gasteiger partial charge is 0.396 e. The number of hydroxylamine groups is 1. The highest BCUT2D eigenvalue weighted by molar-refractivity contribution is 7.92. The molecule has 0 bridgehead atoms. The molecule has 0 radical (unpaired) electrons. The number of aliphatic hydroxyl groups excluding tert-OH is 1. The molecule has 1 aliphatic rings.